The molecule has 2 aromatic carbocycles. The van der Waals surface area contributed by atoms with Crippen LogP contribution in [-0.2, 0) is 32.3 Å². The number of carbonyl (C=O) groups excluding carboxylic acids is 1. The molecule has 1 aliphatic heterocycles. The van der Waals surface area contributed by atoms with Crippen molar-refractivity contribution in [2.75, 3.05) is 37.7 Å². The minimum Gasteiger partial charge on any atom is -0.465 e. The Balaban J connectivity index is 1.51. The van der Waals surface area contributed by atoms with Crippen LogP contribution in [0.2, 0.25) is 0 Å². The fourth-order valence-electron chi connectivity index (χ4n) is 3.91. The molecule has 2 heterocycles. The zero-order chi connectivity index (χ0) is 25.4. The molecular formula is C22H22F3N3O6S. The van der Waals surface area contributed by atoms with E-state index in [1.807, 2.05) is 0 Å². The summed E-state index contributed by atoms with van der Waals surface area (Å²) in [4.78, 5) is 25.5. The van der Waals surface area contributed by atoms with Crippen LogP contribution in [-0.4, -0.2) is 56.0 Å². The smallest absolute Gasteiger partial charge is 0.420 e. The molecule has 13 heteroatoms. The lowest BCUT2D eigenvalue weighted by atomic mass is 10.1. The van der Waals surface area contributed by atoms with Gasteiger partial charge >= 0.3 is 17.9 Å². The van der Waals surface area contributed by atoms with Gasteiger partial charge in [0.1, 0.15) is 6.54 Å². The molecule has 0 spiro atoms. The number of sulfonamides is 1. The van der Waals surface area contributed by atoms with Crippen molar-refractivity contribution in [1.82, 2.24) is 8.87 Å². The summed E-state index contributed by atoms with van der Waals surface area (Å²) in [5, 5.41) is 0. The third kappa shape index (κ3) is 5.05. The van der Waals surface area contributed by atoms with Crippen molar-refractivity contribution < 1.29 is 35.5 Å². The molecule has 4 rings (SSSR count). The Morgan fingerprint density at radius 3 is 2.46 bits per heavy atom. The summed E-state index contributed by atoms with van der Waals surface area (Å²) in [6, 6.07) is 8.81. The second kappa shape index (κ2) is 9.38. The van der Waals surface area contributed by atoms with Gasteiger partial charge in [-0.25, -0.2) is 13.2 Å². The first-order valence-corrected chi connectivity index (χ1v) is 12.2. The van der Waals surface area contributed by atoms with Crippen LogP contribution in [0.3, 0.4) is 0 Å². The predicted molar refractivity (Wildman–Crippen MR) is 120 cm³/mol. The first-order valence-electron chi connectivity index (χ1n) is 10.7. The Bertz CT molecular complexity index is 1410. The summed E-state index contributed by atoms with van der Waals surface area (Å²) >= 11 is 0. The molecule has 1 fully saturated rings. The molecule has 0 bridgehead atoms. The number of hydrogen-bond acceptors (Lipinski definition) is 7. The zero-order valence-electron chi connectivity index (χ0n) is 18.6. The summed E-state index contributed by atoms with van der Waals surface area (Å²) in [5.74, 6) is -1.45. The van der Waals surface area contributed by atoms with Crippen molar-refractivity contribution in [3.05, 3.63) is 58.6 Å². The van der Waals surface area contributed by atoms with Crippen LogP contribution in [0.5, 0.6) is 0 Å². The van der Waals surface area contributed by atoms with E-state index in [4.69, 9.17) is 9.15 Å². The van der Waals surface area contributed by atoms with Gasteiger partial charge in [0.05, 0.1) is 22.6 Å². The molecule has 0 unspecified atom stereocenters. The molecule has 0 aliphatic carbocycles. The van der Waals surface area contributed by atoms with Gasteiger partial charge < -0.3 is 14.1 Å². The van der Waals surface area contributed by atoms with Gasteiger partial charge in [-0.15, -0.1) is 0 Å². The number of anilines is 1. The van der Waals surface area contributed by atoms with Crippen LogP contribution >= 0.6 is 0 Å². The van der Waals surface area contributed by atoms with Crippen LogP contribution in [0, 0.1) is 0 Å². The van der Waals surface area contributed by atoms with E-state index in [2.05, 4.69) is 0 Å². The Labute approximate surface area is 198 Å². The van der Waals surface area contributed by atoms with Gasteiger partial charge in [-0.05, 0) is 37.3 Å². The molecule has 0 atom stereocenters. The third-order valence-corrected chi connectivity index (χ3v) is 7.54. The number of alkyl halides is 3. The molecule has 0 radical (unpaired) electrons. The number of aromatic nitrogens is 1. The van der Waals surface area contributed by atoms with E-state index in [0.717, 1.165) is 16.7 Å². The molecule has 0 amide bonds. The average Bonchev–Trinajstić information content (AvgIpc) is 3.13. The first kappa shape index (κ1) is 24.8. The maximum atomic E-state index is 13.2. The minimum atomic E-state index is -4.47. The molecule has 1 aromatic heterocycles. The van der Waals surface area contributed by atoms with Crippen molar-refractivity contribution in [2.45, 2.75) is 24.5 Å². The molecular weight excluding hydrogens is 491 g/mol. The lowest BCUT2D eigenvalue weighted by Gasteiger charge is -2.35. The summed E-state index contributed by atoms with van der Waals surface area (Å²) in [6.07, 6.45) is -4.47. The largest absolute Gasteiger partial charge is 0.465 e. The van der Waals surface area contributed by atoms with E-state index in [1.54, 1.807) is 17.9 Å². The fourth-order valence-corrected chi connectivity index (χ4v) is 5.35. The van der Waals surface area contributed by atoms with Gasteiger partial charge in [0, 0.05) is 37.9 Å². The van der Waals surface area contributed by atoms with Crippen molar-refractivity contribution in [1.29, 1.82) is 0 Å². The molecule has 0 saturated carbocycles. The molecule has 9 nitrogen and oxygen atoms in total. The lowest BCUT2D eigenvalue weighted by molar-refractivity contribution is -0.143. The first-order chi connectivity index (χ1) is 16.5. The second-order valence-corrected chi connectivity index (χ2v) is 9.77. The normalized spacial score (nSPS) is 15.5. The Morgan fingerprint density at radius 1 is 1.09 bits per heavy atom. The SMILES string of the molecule is CCOC(=O)Cn1c(=O)oc2cc(S(=O)(=O)N3CCN(c4cccc(C(F)(F)F)c4)CC3)ccc21. The number of nitrogens with zero attached hydrogens (tertiary/aromatic N) is 3. The number of hydrogen-bond donors (Lipinski definition) is 0. The third-order valence-electron chi connectivity index (χ3n) is 5.65. The molecule has 3 aromatic rings. The minimum absolute atomic E-state index is 0.00275. The Morgan fingerprint density at radius 2 is 1.80 bits per heavy atom. The summed E-state index contributed by atoms with van der Waals surface area (Å²) in [6.45, 7) is 1.93. The van der Waals surface area contributed by atoms with E-state index in [-0.39, 0.29) is 55.3 Å². The van der Waals surface area contributed by atoms with E-state index in [1.165, 1.54) is 28.6 Å². The van der Waals surface area contributed by atoms with E-state index in [9.17, 15) is 31.2 Å². The highest BCUT2D eigenvalue weighted by atomic mass is 32.2. The van der Waals surface area contributed by atoms with Gasteiger partial charge in [-0.1, -0.05) is 6.07 Å². The van der Waals surface area contributed by atoms with Crippen LogP contribution in [0.1, 0.15) is 12.5 Å². The van der Waals surface area contributed by atoms with Crippen LogP contribution in [0.15, 0.2) is 56.6 Å². The number of carbonyl (C=O) groups is 1. The topological polar surface area (TPSA) is 102 Å². The van der Waals surface area contributed by atoms with Gasteiger partial charge in [0.15, 0.2) is 5.58 Å². The maximum absolute atomic E-state index is 13.2. The molecule has 1 saturated heterocycles. The maximum Gasteiger partial charge on any atom is 0.420 e. The summed E-state index contributed by atoms with van der Waals surface area (Å²) < 4.78 is 77.6. The molecule has 35 heavy (non-hydrogen) atoms. The number of piperazine rings is 1. The average molecular weight is 513 g/mol. The van der Waals surface area contributed by atoms with E-state index in [0.29, 0.717) is 5.69 Å². The van der Waals surface area contributed by atoms with E-state index >= 15 is 0 Å². The number of halogens is 3. The van der Waals surface area contributed by atoms with Gasteiger partial charge in [-0.3, -0.25) is 9.36 Å². The van der Waals surface area contributed by atoms with Crippen molar-refractivity contribution in [3.8, 4) is 0 Å². The highest BCUT2D eigenvalue weighted by Gasteiger charge is 2.32. The van der Waals surface area contributed by atoms with Crippen molar-refractivity contribution in [2.24, 2.45) is 0 Å². The number of oxazole rings is 1. The van der Waals surface area contributed by atoms with Gasteiger partial charge in [-0.2, -0.15) is 17.5 Å². The molecule has 188 valence electrons. The summed E-state index contributed by atoms with van der Waals surface area (Å²) in [5.41, 5.74) is -0.155. The standard InChI is InChI=1S/C22H22F3N3O6S/c1-2-33-20(29)14-28-18-7-6-17(13-19(18)34-21(28)30)35(31,32)27-10-8-26(9-11-27)16-5-3-4-15(12-16)22(23,24)25/h3-7,12-13H,2,8-11,14H2,1H3. The molecule has 1 aliphatic rings. The highest BCUT2D eigenvalue weighted by Crippen LogP contribution is 2.32. The lowest BCUT2D eigenvalue weighted by Crippen LogP contribution is -2.48. The summed E-state index contributed by atoms with van der Waals surface area (Å²) in [7, 11) is -3.96. The van der Waals surface area contributed by atoms with Gasteiger partial charge in [0.25, 0.3) is 0 Å². The monoisotopic (exact) mass is 513 g/mol. The van der Waals surface area contributed by atoms with Crippen LogP contribution in [0.4, 0.5) is 18.9 Å². The van der Waals surface area contributed by atoms with Crippen molar-refractivity contribution >= 4 is 32.8 Å². The Kier molecular flexibility index (Phi) is 6.64. The Hall–Kier alpha value is -3.32. The quantitative estimate of drug-likeness (QED) is 0.467. The molecule has 0 N–H and O–H groups in total. The predicted octanol–water partition coefficient (Wildman–Crippen LogP) is 2.69. The second-order valence-electron chi connectivity index (χ2n) is 7.83. The van der Waals surface area contributed by atoms with Crippen LogP contribution in [0.25, 0.3) is 11.1 Å². The number of fused-ring (bicyclic) bond motifs is 1. The number of rotatable bonds is 6. The van der Waals surface area contributed by atoms with Gasteiger partial charge in [0.2, 0.25) is 10.0 Å². The van der Waals surface area contributed by atoms with Crippen molar-refractivity contribution in [3.63, 3.8) is 0 Å². The highest BCUT2D eigenvalue weighted by molar-refractivity contribution is 7.89. The number of benzene rings is 2. The fraction of sp³-hybridized carbons (Fsp3) is 0.364. The van der Waals surface area contributed by atoms with E-state index < -0.39 is 33.5 Å². The zero-order valence-corrected chi connectivity index (χ0v) is 19.4. The van der Waals surface area contributed by atoms with Crippen LogP contribution < -0.4 is 10.7 Å². The number of ether oxygens (including phenoxy) is 1. The number of esters is 1.